The average molecular weight is 217 g/mol. The summed E-state index contributed by atoms with van der Waals surface area (Å²) in [5.74, 6) is -0.497. The lowest BCUT2D eigenvalue weighted by Crippen LogP contribution is -2.04. The topological polar surface area (TPSA) is 50.9 Å². The van der Waals surface area contributed by atoms with E-state index < -0.39 is 5.97 Å². The van der Waals surface area contributed by atoms with Crippen LogP contribution in [0, 0.1) is 6.57 Å². The molecule has 82 valence electrons. The lowest BCUT2D eigenvalue weighted by atomic mass is 10.2. The van der Waals surface area contributed by atoms with Gasteiger partial charge in [0.2, 0.25) is 0 Å². The molecule has 0 fully saturated rings. The molecule has 0 atom stereocenters. The monoisotopic (exact) mass is 217 g/mol. The standard InChI is InChI=1S/C12H11NO3/c1-3-16-12(15)11(13-2)8-9-4-6-10(14)7-5-9/h4-8,14H,3H2,1H3. The van der Waals surface area contributed by atoms with Gasteiger partial charge in [-0.15, -0.1) is 0 Å². The quantitative estimate of drug-likeness (QED) is 0.479. The van der Waals surface area contributed by atoms with E-state index in [0.717, 1.165) is 0 Å². The molecular weight excluding hydrogens is 206 g/mol. The van der Waals surface area contributed by atoms with Crippen molar-refractivity contribution in [2.24, 2.45) is 0 Å². The molecule has 1 rings (SSSR count). The Morgan fingerprint density at radius 1 is 1.50 bits per heavy atom. The second-order valence-corrected chi connectivity index (χ2v) is 2.95. The van der Waals surface area contributed by atoms with Gasteiger partial charge in [0.15, 0.2) is 0 Å². The Kier molecular flexibility index (Phi) is 4.10. The van der Waals surface area contributed by atoms with Gasteiger partial charge in [-0.1, -0.05) is 12.1 Å². The van der Waals surface area contributed by atoms with Gasteiger partial charge < -0.3 is 9.84 Å². The number of rotatable bonds is 3. The van der Waals surface area contributed by atoms with Gasteiger partial charge in [0, 0.05) is 0 Å². The number of aromatic hydroxyl groups is 1. The highest BCUT2D eigenvalue weighted by Crippen LogP contribution is 2.14. The smallest absolute Gasteiger partial charge is 0.336 e. The van der Waals surface area contributed by atoms with E-state index in [1.807, 2.05) is 0 Å². The third-order valence-corrected chi connectivity index (χ3v) is 1.80. The minimum Gasteiger partial charge on any atom is -0.508 e. The van der Waals surface area contributed by atoms with Crippen LogP contribution < -0.4 is 0 Å². The Labute approximate surface area is 93.6 Å². The fourth-order valence-corrected chi connectivity index (χ4v) is 1.07. The first-order valence-corrected chi connectivity index (χ1v) is 4.72. The Bertz CT molecular complexity index is 440. The molecule has 0 aromatic heterocycles. The van der Waals surface area contributed by atoms with Crippen LogP contribution in [-0.2, 0) is 9.53 Å². The van der Waals surface area contributed by atoms with E-state index >= 15 is 0 Å². The summed E-state index contributed by atoms with van der Waals surface area (Å²) in [6, 6.07) is 6.19. The molecule has 0 aliphatic carbocycles. The molecule has 4 heteroatoms. The van der Waals surface area contributed by atoms with Crippen LogP contribution in [0.5, 0.6) is 5.75 Å². The third kappa shape index (κ3) is 3.14. The molecule has 1 aromatic carbocycles. The molecule has 0 aliphatic rings. The van der Waals surface area contributed by atoms with Crippen molar-refractivity contribution < 1.29 is 14.6 Å². The Morgan fingerprint density at radius 2 is 2.12 bits per heavy atom. The summed E-state index contributed by atoms with van der Waals surface area (Å²) in [7, 11) is 0. The molecule has 0 saturated heterocycles. The summed E-state index contributed by atoms with van der Waals surface area (Å²) in [4.78, 5) is 14.4. The Morgan fingerprint density at radius 3 is 2.62 bits per heavy atom. The molecule has 0 unspecified atom stereocenters. The van der Waals surface area contributed by atoms with Crippen LogP contribution >= 0.6 is 0 Å². The molecule has 0 spiro atoms. The van der Waals surface area contributed by atoms with Crippen LogP contribution in [0.25, 0.3) is 10.9 Å². The molecule has 4 nitrogen and oxygen atoms in total. The maximum absolute atomic E-state index is 11.3. The number of hydrogen-bond donors (Lipinski definition) is 1. The first kappa shape index (κ1) is 11.8. The predicted octanol–water partition coefficient (Wildman–Crippen LogP) is 2.22. The van der Waals surface area contributed by atoms with Gasteiger partial charge in [0.05, 0.1) is 13.2 Å². The first-order valence-electron chi connectivity index (χ1n) is 4.72. The number of esters is 1. The fraction of sp³-hybridized carbons (Fsp3) is 0.167. The molecule has 0 saturated carbocycles. The molecule has 1 N–H and O–H groups in total. The van der Waals surface area contributed by atoms with Crippen LogP contribution in [0.15, 0.2) is 30.0 Å². The van der Waals surface area contributed by atoms with Crippen molar-refractivity contribution in [2.75, 3.05) is 6.61 Å². The largest absolute Gasteiger partial charge is 0.508 e. The van der Waals surface area contributed by atoms with E-state index in [9.17, 15) is 4.79 Å². The van der Waals surface area contributed by atoms with Gasteiger partial charge in [-0.2, -0.15) is 0 Å². The predicted molar refractivity (Wildman–Crippen MR) is 59.3 cm³/mol. The van der Waals surface area contributed by atoms with E-state index in [2.05, 4.69) is 4.85 Å². The lowest BCUT2D eigenvalue weighted by molar-refractivity contribution is -0.138. The zero-order chi connectivity index (χ0) is 12.0. The lowest BCUT2D eigenvalue weighted by Gasteiger charge is -2.00. The highest BCUT2D eigenvalue weighted by Gasteiger charge is 2.09. The summed E-state index contributed by atoms with van der Waals surface area (Å²) >= 11 is 0. The SMILES string of the molecule is [C-]#[N+]C(=Cc1ccc(O)cc1)C(=O)OCC. The average Bonchev–Trinajstić information content (AvgIpc) is 2.28. The highest BCUT2D eigenvalue weighted by molar-refractivity contribution is 5.95. The Balaban J connectivity index is 2.92. The van der Waals surface area contributed by atoms with E-state index in [1.54, 1.807) is 19.1 Å². The molecule has 0 heterocycles. The maximum atomic E-state index is 11.3. The van der Waals surface area contributed by atoms with Crippen LogP contribution in [0.4, 0.5) is 0 Å². The summed E-state index contributed by atoms with van der Waals surface area (Å²) in [6.07, 6.45) is 1.42. The summed E-state index contributed by atoms with van der Waals surface area (Å²) < 4.78 is 4.72. The number of carbonyl (C=O) groups is 1. The van der Waals surface area contributed by atoms with Gasteiger partial charge in [0.1, 0.15) is 5.75 Å². The van der Waals surface area contributed by atoms with Crippen molar-refractivity contribution in [2.45, 2.75) is 6.92 Å². The number of ether oxygens (including phenoxy) is 1. The van der Waals surface area contributed by atoms with E-state index in [4.69, 9.17) is 16.4 Å². The normalized spacial score (nSPS) is 10.6. The maximum Gasteiger partial charge on any atom is 0.336 e. The minimum absolute atomic E-state index is 0.0764. The Hall–Kier alpha value is -2.28. The second kappa shape index (κ2) is 5.56. The van der Waals surface area contributed by atoms with Crippen LogP contribution in [0.3, 0.4) is 0 Å². The van der Waals surface area contributed by atoms with Gasteiger partial charge >= 0.3 is 5.97 Å². The number of carbonyl (C=O) groups excluding carboxylic acids is 1. The molecule has 0 amide bonds. The van der Waals surface area contributed by atoms with Gasteiger partial charge in [-0.05, 0) is 30.7 Å². The van der Waals surface area contributed by atoms with E-state index in [0.29, 0.717) is 5.56 Å². The molecule has 16 heavy (non-hydrogen) atoms. The van der Waals surface area contributed by atoms with Crippen molar-refractivity contribution in [3.63, 3.8) is 0 Å². The highest BCUT2D eigenvalue weighted by atomic mass is 16.5. The zero-order valence-corrected chi connectivity index (χ0v) is 8.80. The van der Waals surface area contributed by atoms with E-state index in [-0.39, 0.29) is 18.1 Å². The van der Waals surface area contributed by atoms with Crippen molar-refractivity contribution in [3.8, 4) is 5.75 Å². The first-order chi connectivity index (χ1) is 7.67. The van der Waals surface area contributed by atoms with Crippen molar-refractivity contribution in [1.82, 2.24) is 0 Å². The summed E-state index contributed by atoms with van der Waals surface area (Å²) in [6.45, 7) is 8.78. The molecule has 1 aromatic rings. The summed E-state index contributed by atoms with van der Waals surface area (Å²) in [5.41, 5.74) is 0.587. The molecule has 0 radical (unpaired) electrons. The van der Waals surface area contributed by atoms with Gasteiger partial charge in [-0.25, -0.2) is 4.85 Å². The number of hydrogen-bond acceptors (Lipinski definition) is 3. The third-order valence-electron chi connectivity index (χ3n) is 1.80. The van der Waals surface area contributed by atoms with E-state index in [1.165, 1.54) is 18.2 Å². The van der Waals surface area contributed by atoms with Gasteiger partial charge in [0.25, 0.3) is 5.70 Å². The van der Waals surface area contributed by atoms with Crippen LogP contribution in [0.1, 0.15) is 12.5 Å². The second-order valence-electron chi connectivity index (χ2n) is 2.95. The molecule has 0 bridgehead atoms. The molecule has 0 aliphatic heterocycles. The van der Waals surface area contributed by atoms with Crippen molar-refractivity contribution in [1.29, 1.82) is 0 Å². The number of phenols is 1. The zero-order valence-electron chi connectivity index (χ0n) is 8.80. The van der Waals surface area contributed by atoms with Crippen LogP contribution in [-0.4, -0.2) is 17.7 Å². The number of benzene rings is 1. The number of nitrogens with zero attached hydrogens (tertiary/aromatic N) is 1. The molecular formula is C12H11NO3. The summed E-state index contributed by atoms with van der Waals surface area (Å²) in [5, 5.41) is 9.07. The fourth-order valence-electron chi connectivity index (χ4n) is 1.07. The van der Waals surface area contributed by atoms with Crippen molar-refractivity contribution >= 4 is 12.0 Å². The van der Waals surface area contributed by atoms with Gasteiger partial charge in [-0.3, -0.25) is 4.79 Å². The van der Waals surface area contributed by atoms with Crippen LogP contribution in [0.2, 0.25) is 0 Å². The number of phenolic OH excluding ortho intramolecular Hbond substituents is 1. The van der Waals surface area contributed by atoms with Crippen molar-refractivity contribution in [3.05, 3.63) is 46.9 Å². The minimum atomic E-state index is -0.634.